The van der Waals surface area contributed by atoms with Gasteiger partial charge in [0.05, 0.1) is 0 Å². The highest BCUT2D eigenvalue weighted by Gasteiger charge is 1.93. The minimum absolute atomic E-state index is 1.17. The Morgan fingerprint density at radius 3 is 2.36 bits per heavy atom. The number of hydrogen-bond donors (Lipinski definition) is 0. The summed E-state index contributed by atoms with van der Waals surface area (Å²) < 4.78 is 0. The topological polar surface area (TPSA) is 0 Å². The highest BCUT2D eigenvalue weighted by atomic mass is 14.0. The molecule has 0 aromatic heterocycles. The van der Waals surface area contributed by atoms with Gasteiger partial charge in [-0.3, -0.25) is 0 Å². The van der Waals surface area contributed by atoms with Crippen LogP contribution in [0, 0.1) is 0 Å². The van der Waals surface area contributed by atoms with Crippen LogP contribution >= 0.6 is 0 Å². The van der Waals surface area contributed by atoms with Crippen LogP contribution in [0.25, 0.3) is 0 Å². The summed E-state index contributed by atoms with van der Waals surface area (Å²) in [6, 6.07) is 0. The van der Waals surface area contributed by atoms with Gasteiger partial charge in [-0.1, -0.05) is 38.0 Å². The molecule has 0 unspecified atom stereocenters. The molecule has 0 aromatic carbocycles. The van der Waals surface area contributed by atoms with Gasteiger partial charge in [0.2, 0.25) is 0 Å². The average Bonchev–Trinajstić information content (AvgIpc) is 2.22. The molecule has 0 saturated heterocycles. The molecule has 14 heavy (non-hydrogen) atoms. The van der Waals surface area contributed by atoms with Crippen LogP contribution < -0.4 is 0 Å². The van der Waals surface area contributed by atoms with E-state index in [1.165, 1.54) is 51.4 Å². The maximum Gasteiger partial charge on any atom is -0.0321 e. The lowest BCUT2D eigenvalue weighted by Gasteiger charge is -2.03. The maximum atomic E-state index is 3.73. The smallest absolute Gasteiger partial charge is 0.0321 e. The van der Waals surface area contributed by atoms with E-state index in [9.17, 15) is 0 Å². The van der Waals surface area contributed by atoms with E-state index < -0.39 is 0 Å². The van der Waals surface area contributed by atoms with Crippen molar-refractivity contribution in [2.45, 2.75) is 65.2 Å². The van der Waals surface area contributed by atoms with Gasteiger partial charge in [0.25, 0.3) is 0 Å². The largest absolute Gasteiger partial charge is 0.103 e. The minimum Gasteiger partial charge on any atom is -0.103 e. The van der Waals surface area contributed by atoms with E-state index in [1.807, 2.05) is 6.08 Å². The van der Waals surface area contributed by atoms with Crippen LogP contribution in [-0.4, -0.2) is 0 Å². The lowest BCUT2D eigenvalue weighted by molar-refractivity contribution is 0.734. The summed E-state index contributed by atoms with van der Waals surface area (Å²) in [5.74, 6) is 0. The maximum absolute atomic E-state index is 3.73. The van der Waals surface area contributed by atoms with E-state index in [0.29, 0.717) is 0 Å². The summed E-state index contributed by atoms with van der Waals surface area (Å²) in [6.45, 7) is 8.27. The van der Waals surface area contributed by atoms with Crippen LogP contribution in [0.3, 0.4) is 0 Å². The third-order valence-corrected chi connectivity index (χ3v) is 2.60. The first kappa shape index (κ1) is 13.5. The molecule has 0 rings (SSSR count). The van der Waals surface area contributed by atoms with Gasteiger partial charge in [-0.05, 0) is 44.9 Å². The van der Waals surface area contributed by atoms with Crippen LogP contribution in [0.4, 0.5) is 0 Å². The van der Waals surface area contributed by atoms with Crippen molar-refractivity contribution in [1.82, 2.24) is 0 Å². The second-order valence-corrected chi connectivity index (χ2v) is 3.89. The van der Waals surface area contributed by atoms with Crippen molar-refractivity contribution in [1.29, 1.82) is 0 Å². The Labute approximate surface area is 90.1 Å². The van der Waals surface area contributed by atoms with Crippen LogP contribution in [0.5, 0.6) is 0 Å². The molecule has 0 amide bonds. The third kappa shape index (κ3) is 8.10. The van der Waals surface area contributed by atoms with Crippen molar-refractivity contribution >= 4 is 0 Å². The Hall–Kier alpha value is -0.520. The van der Waals surface area contributed by atoms with Crippen molar-refractivity contribution in [3.8, 4) is 0 Å². The monoisotopic (exact) mass is 194 g/mol. The van der Waals surface area contributed by atoms with E-state index in [0.717, 1.165) is 0 Å². The molecule has 0 nitrogen and oxygen atoms in total. The second-order valence-electron chi connectivity index (χ2n) is 3.89. The molecule has 0 heteroatoms. The fourth-order valence-electron chi connectivity index (χ4n) is 1.57. The molecule has 0 spiro atoms. The first-order chi connectivity index (χ1) is 6.85. The van der Waals surface area contributed by atoms with Crippen molar-refractivity contribution in [3.05, 3.63) is 24.3 Å². The quantitative estimate of drug-likeness (QED) is 0.347. The molecule has 82 valence electrons. The zero-order valence-electron chi connectivity index (χ0n) is 10.0. The fraction of sp³-hybridized carbons (Fsp3) is 0.714. The summed E-state index contributed by atoms with van der Waals surface area (Å²) in [7, 11) is 0. The first-order valence-corrected chi connectivity index (χ1v) is 6.13. The summed E-state index contributed by atoms with van der Waals surface area (Å²) in [6.07, 6.45) is 14.7. The van der Waals surface area contributed by atoms with Crippen LogP contribution in [0.1, 0.15) is 65.2 Å². The van der Waals surface area contributed by atoms with Crippen LogP contribution in [0.15, 0.2) is 24.3 Å². The molecule has 0 aromatic rings. The summed E-state index contributed by atoms with van der Waals surface area (Å²) >= 11 is 0. The zero-order valence-corrected chi connectivity index (χ0v) is 10.0. The zero-order chi connectivity index (χ0) is 10.6. The van der Waals surface area contributed by atoms with E-state index in [1.54, 1.807) is 5.57 Å². The Kier molecular flexibility index (Phi) is 10.2. The SMILES string of the molecule is C=CCCCCC=C(CC)CCCC. The number of rotatable bonds is 9. The average molecular weight is 194 g/mol. The number of unbranched alkanes of at least 4 members (excludes halogenated alkanes) is 4. The molecular formula is C14H26. The molecule has 0 fully saturated rings. The predicted molar refractivity (Wildman–Crippen MR) is 66.6 cm³/mol. The molecule has 0 atom stereocenters. The second kappa shape index (κ2) is 10.6. The highest BCUT2D eigenvalue weighted by Crippen LogP contribution is 2.13. The van der Waals surface area contributed by atoms with Gasteiger partial charge in [0.1, 0.15) is 0 Å². The van der Waals surface area contributed by atoms with E-state index in [2.05, 4.69) is 26.5 Å². The molecule has 0 heterocycles. The summed E-state index contributed by atoms with van der Waals surface area (Å²) in [4.78, 5) is 0. The van der Waals surface area contributed by atoms with Crippen LogP contribution in [0.2, 0.25) is 0 Å². The Bertz CT molecular complexity index is 153. The summed E-state index contributed by atoms with van der Waals surface area (Å²) in [5, 5.41) is 0. The standard InChI is InChI=1S/C14H26/c1-4-7-9-10-11-13-14(6-3)12-8-5-2/h4,13H,1,5-12H2,2-3H3. The Morgan fingerprint density at radius 2 is 1.79 bits per heavy atom. The van der Waals surface area contributed by atoms with Gasteiger partial charge in [-0.2, -0.15) is 0 Å². The molecule has 0 N–H and O–H groups in total. The van der Waals surface area contributed by atoms with Crippen molar-refractivity contribution in [2.75, 3.05) is 0 Å². The molecular weight excluding hydrogens is 168 g/mol. The van der Waals surface area contributed by atoms with Gasteiger partial charge in [-0.25, -0.2) is 0 Å². The summed E-state index contributed by atoms with van der Waals surface area (Å²) in [5.41, 5.74) is 1.66. The van der Waals surface area contributed by atoms with Gasteiger partial charge >= 0.3 is 0 Å². The number of hydrogen-bond acceptors (Lipinski definition) is 0. The molecule has 0 aliphatic heterocycles. The molecule has 0 bridgehead atoms. The van der Waals surface area contributed by atoms with E-state index in [4.69, 9.17) is 0 Å². The van der Waals surface area contributed by atoms with Gasteiger partial charge in [-0.15, -0.1) is 6.58 Å². The van der Waals surface area contributed by atoms with Gasteiger partial charge in [0.15, 0.2) is 0 Å². The predicted octanol–water partition coefficient (Wildman–Crippen LogP) is 5.26. The number of allylic oxidation sites excluding steroid dienone is 3. The molecule has 0 aliphatic rings. The van der Waals surface area contributed by atoms with Crippen LogP contribution in [-0.2, 0) is 0 Å². The van der Waals surface area contributed by atoms with Crippen molar-refractivity contribution in [2.24, 2.45) is 0 Å². The Balaban J connectivity index is 3.53. The van der Waals surface area contributed by atoms with Crippen molar-refractivity contribution in [3.63, 3.8) is 0 Å². The Morgan fingerprint density at radius 1 is 1.07 bits per heavy atom. The van der Waals surface area contributed by atoms with Crippen molar-refractivity contribution < 1.29 is 0 Å². The normalized spacial score (nSPS) is 11.7. The third-order valence-electron chi connectivity index (χ3n) is 2.60. The van der Waals surface area contributed by atoms with E-state index in [-0.39, 0.29) is 0 Å². The first-order valence-electron chi connectivity index (χ1n) is 6.13. The minimum atomic E-state index is 1.17. The molecule has 0 saturated carbocycles. The highest BCUT2D eigenvalue weighted by molar-refractivity contribution is 5.00. The molecule has 0 aliphatic carbocycles. The van der Waals surface area contributed by atoms with Gasteiger partial charge < -0.3 is 0 Å². The van der Waals surface area contributed by atoms with Gasteiger partial charge in [0, 0.05) is 0 Å². The lowest BCUT2D eigenvalue weighted by Crippen LogP contribution is -1.83. The lowest BCUT2D eigenvalue weighted by atomic mass is 10.0. The van der Waals surface area contributed by atoms with E-state index >= 15 is 0 Å². The molecule has 0 radical (unpaired) electrons. The fourth-order valence-corrected chi connectivity index (χ4v) is 1.57.